The summed E-state index contributed by atoms with van der Waals surface area (Å²) in [5, 5.41) is 7.43. The highest BCUT2D eigenvalue weighted by Crippen LogP contribution is 2.21. The molecule has 1 fully saturated rings. The minimum absolute atomic E-state index is 0.0491. The monoisotopic (exact) mass is 320 g/mol. The first-order chi connectivity index (χ1) is 10.5. The van der Waals surface area contributed by atoms with E-state index in [1.54, 1.807) is 39.4 Å². The van der Waals surface area contributed by atoms with Crippen LogP contribution in [0.15, 0.2) is 47.6 Å². The second kappa shape index (κ2) is 5.83. The summed E-state index contributed by atoms with van der Waals surface area (Å²) in [6, 6.07) is 8.78. The van der Waals surface area contributed by atoms with E-state index in [9.17, 15) is 8.42 Å². The van der Waals surface area contributed by atoms with Crippen molar-refractivity contribution in [3.05, 3.63) is 42.7 Å². The molecule has 2 atom stereocenters. The van der Waals surface area contributed by atoms with Gasteiger partial charge in [0.1, 0.15) is 0 Å². The molecule has 0 aliphatic carbocycles. The molecule has 2 unspecified atom stereocenters. The first-order valence-electron chi connectivity index (χ1n) is 7.34. The molecule has 1 aliphatic heterocycles. The van der Waals surface area contributed by atoms with Gasteiger partial charge in [0.05, 0.1) is 10.6 Å². The zero-order valence-electron chi connectivity index (χ0n) is 12.7. The second-order valence-corrected chi connectivity index (χ2v) is 7.57. The highest BCUT2D eigenvalue weighted by molar-refractivity contribution is 7.89. The van der Waals surface area contributed by atoms with Crippen LogP contribution in [-0.2, 0) is 10.0 Å². The molecule has 0 bridgehead atoms. The molecular formula is C15H20N4O2S. The molecule has 1 aromatic carbocycles. The molecule has 1 aromatic heterocycles. The van der Waals surface area contributed by atoms with Gasteiger partial charge in [-0.05, 0) is 44.2 Å². The zero-order chi connectivity index (χ0) is 15.7. The maximum atomic E-state index is 12.8. The minimum atomic E-state index is -3.47. The van der Waals surface area contributed by atoms with E-state index in [0.717, 1.165) is 5.69 Å². The average molecular weight is 320 g/mol. The summed E-state index contributed by atoms with van der Waals surface area (Å²) in [5.41, 5.74) is 0.839. The Hall–Kier alpha value is -1.70. The summed E-state index contributed by atoms with van der Waals surface area (Å²) in [6.45, 7) is 5.08. The normalized spacial score (nSPS) is 23.5. The summed E-state index contributed by atoms with van der Waals surface area (Å²) < 4.78 is 28.9. The molecule has 0 saturated carbocycles. The average Bonchev–Trinajstić information content (AvgIpc) is 3.04. The highest BCUT2D eigenvalue weighted by Gasteiger charge is 2.33. The summed E-state index contributed by atoms with van der Waals surface area (Å²) in [5.74, 6) is 0. The van der Waals surface area contributed by atoms with Crippen molar-refractivity contribution in [2.75, 3.05) is 13.1 Å². The Bertz CT molecular complexity index is 725. The maximum absolute atomic E-state index is 12.8. The molecule has 0 spiro atoms. The van der Waals surface area contributed by atoms with Gasteiger partial charge in [0.15, 0.2) is 0 Å². The lowest BCUT2D eigenvalue weighted by molar-refractivity contribution is 0.244. The van der Waals surface area contributed by atoms with Crippen molar-refractivity contribution in [1.29, 1.82) is 0 Å². The number of hydrogen-bond acceptors (Lipinski definition) is 4. The number of aromatic nitrogens is 2. The Kier molecular flexibility index (Phi) is 4.03. The number of sulfonamides is 1. The van der Waals surface area contributed by atoms with E-state index in [4.69, 9.17) is 0 Å². The third kappa shape index (κ3) is 2.79. The van der Waals surface area contributed by atoms with Crippen LogP contribution < -0.4 is 5.32 Å². The van der Waals surface area contributed by atoms with Crippen molar-refractivity contribution in [2.24, 2.45) is 0 Å². The lowest BCUT2D eigenvalue weighted by atomic mass is 10.2. The maximum Gasteiger partial charge on any atom is 0.243 e. The number of nitrogens with zero attached hydrogens (tertiary/aromatic N) is 3. The van der Waals surface area contributed by atoms with E-state index in [1.807, 2.05) is 26.1 Å². The van der Waals surface area contributed by atoms with Crippen LogP contribution in [0.2, 0.25) is 0 Å². The summed E-state index contributed by atoms with van der Waals surface area (Å²) in [7, 11) is -3.47. The van der Waals surface area contributed by atoms with E-state index >= 15 is 0 Å². The minimum Gasteiger partial charge on any atom is -0.311 e. The Morgan fingerprint density at radius 2 is 1.95 bits per heavy atom. The van der Waals surface area contributed by atoms with Gasteiger partial charge in [-0.25, -0.2) is 13.1 Å². The first kappa shape index (κ1) is 15.2. The zero-order valence-corrected chi connectivity index (χ0v) is 13.5. The molecule has 1 N–H and O–H groups in total. The molecule has 118 valence electrons. The van der Waals surface area contributed by atoms with Crippen LogP contribution in [0.4, 0.5) is 0 Å². The molecule has 3 rings (SSSR count). The molecule has 0 radical (unpaired) electrons. The molecule has 7 heteroatoms. The number of piperazine rings is 1. The molecular weight excluding hydrogens is 300 g/mol. The van der Waals surface area contributed by atoms with Gasteiger partial charge in [-0.3, -0.25) is 0 Å². The molecule has 2 aromatic rings. The van der Waals surface area contributed by atoms with Crippen LogP contribution in [0.5, 0.6) is 0 Å². The SMILES string of the molecule is CC1CN(S(=O)(=O)c2ccc(-n3cccn3)cc2)C(C)CN1. The number of hydrogen-bond donors (Lipinski definition) is 1. The van der Waals surface area contributed by atoms with Crippen molar-refractivity contribution in [1.82, 2.24) is 19.4 Å². The smallest absolute Gasteiger partial charge is 0.243 e. The Labute approximate surface area is 130 Å². The Morgan fingerprint density at radius 3 is 2.59 bits per heavy atom. The van der Waals surface area contributed by atoms with Crippen molar-refractivity contribution in [3.63, 3.8) is 0 Å². The molecule has 1 saturated heterocycles. The Morgan fingerprint density at radius 1 is 1.23 bits per heavy atom. The van der Waals surface area contributed by atoms with Crippen LogP contribution in [0.25, 0.3) is 5.69 Å². The van der Waals surface area contributed by atoms with Gasteiger partial charge in [-0.2, -0.15) is 9.40 Å². The number of nitrogens with one attached hydrogen (secondary N) is 1. The Balaban J connectivity index is 1.89. The van der Waals surface area contributed by atoms with E-state index in [0.29, 0.717) is 18.0 Å². The summed E-state index contributed by atoms with van der Waals surface area (Å²) >= 11 is 0. The predicted molar refractivity (Wildman–Crippen MR) is 84.4 cm³/mol. The van der Waals surface area contributed by atoms with Crippen LogP contribution in [0, 0.1) is 0 Å². The van der Waals surface area contributed by atoms with Crippen LogP contribution in [-0.4, -0.2) is 47.7 Å². The van der Waals surface area contributed by atoms with Gasteiger partial charge in [0, 0.05) is 37.6 Å². The largest absolute Gasteiger partial charge is 0.311 e. The number of rotatable bonds is 3. The highest BCUT2D eigenvalue weighted by atomic mass is 32.2. The lowest BCUT2D eigenvalue weighted by Gasteiger charge is -2.36. The van der Waals surface area contributed by atoms with E-state index in [2.05, 4.69) is 10.4 Å². The van der Waals surface area contributed by atoms with Crippen LogP contribution in [0.1, 0.15) is 13.8 Å². The first-order valence-corrected chi connectivity index (χ1v) is 8.78. The van der Waals surface area contributed by atoms with Gasteiger partial charge in [0.25, 0.3) is 0 Å². The fraction of sp³-hybridized carbons (Fsp3) is 0.400. The second-order valence-electron chi connectivity index (χ2n) is 5.68. The standard InChI is InChI=1S/C15H20N4O2S/c1-12-11-19(13(2)10-16-12)22(20,21)15-6-4-14(5-7-15)18-9-3-8-17-18/h3-9,12-13,16H,10-11H2,1-2H3. The van der Waals surface area contributed by atoms with Gasteiger partial charge < -0.3 is 5.32 Å². The van der Waals surface area contributed by atoms with Gasteiger partial charge >= 0.3 is 0 Å². The fourth-order valence-electron chi connectivity index (χ4n) is 2.65. The van der Waals surface area contributed by atoms with Crippen molar-refractivity contribution in [3.8, 4) is 5.69 Å². The third-order valence-electron chi connectivity index (χ3n) is 3.92. The van der Waals surface area contributed by atoms with E-state index < -0.39 is 10.0 Å². The molecule has 0 amide bonds. The molecule has 6 nitrogen and oxygen atoms in total. The molecule has 2 heterocycles. The van der Waals surface area contributed by atoms with Gasteiger partial charge in [0.2, 0.25) is 10.0 Å². The predicted octanol–water partition coefficient (Wildman–Crippen LogP) is 1.24. The fourth-order valence-corrected chi connectivity index (χ4v) is 4.37. The van der Waals surface area contributed by atoms with E-state index in [-0.39, 0.29) is 12.1 Å². The number of benzene rings is 1. The third-order valence-corrected chi connectivity index (χ3v) is 5.91. The van der Waals surface area contributed by atoms with Gasteiger partial charge in [-0.15, -0.1) is 0 Å². The van der Waals surface area contributed by atoms with Crippen LogP contribution >= 0.6 is 0 Å². The quantitative estimate of drug-likeness (QED) is 0.924. The summed E-state index contributed by atoms with van der Waals surface area (Å²) in [6.07, 6.45) is 3.51. The summed E-state index contributed by atoms with van der Waals surface area (Å²) in [4.78, 5) is 0.323. The van der Waals surface area contributed by atoms with Crippen molar-refractivity contribution >= 4 is 10.0 Å². The van der Waals surface area contributed by atoms with Crippen LogP contribution in [0.3, 0.4) is 0 Å². The van der Waals surface area contributed by atoms with Crippen molar-refractivity contribution < 1.29 is 8.42 Å². The topological polar surface area (TPSA) is 67.2 Å². The lowest BCUT2D eigenvalue weighted by Crippen LogP contribution is -2.56. The van der Waals surface area contributed by atoms with Gasteiger partial charge in [-0.1, -0.05) is 0 Å². The van der Waals surface area contributed by atoms with Crippen molar-refractivity contribution in [2.45, 2.75) is 30.8 Å². The molecule has 1 aliphatic rings. The molecule has 22 heavy (non-hydrogen) atoms. The van der Waals surface area contributed by atoms with E-state index in [1.165, 1.54) is 0 Å².